The van der Waals surface area contributed by atoms with Gasteiger partial charge in [-0.25, -0.2) is 22.0 Å². The molecule has 0 aliphatic rings. The van der Waals surface area contributed by atoms with Crippen molar-refractivity contribution in [1.82, 2.24) is 4.98 Å². The Balaban J connectivity index is 0.000000319. The molecule has 0 spiro atoms. The Labute approximate surface area is 220 Å². The molecule has 37 heavy (non-hydrogen) atoms. The van der Waals surface area contributed by atoms with E-state index in [4.69, 9.17) is 21.5 Å². The van der Waals surface area contributed by atoms with Gasteiger partial charge in [-0.15, -0.1) is 0 Å². The van der Waals surface area contributed by atoms with Crippen LogP contribution in [-0.2, 0) is 20.0 Å². The Morgan fingerprint density at radius 1 is 0.892 bits per heavy atom. The van der Waals surface area contributed by atoms with Gasteiger partial charge in [0.15, 0.2) is 5.78 Å². The highest BCUT2D eigenvalue weighted by molar-refractivity contribution is 7.92. The molecule has 0 aliphatic heterocycles. The third-order valence-corrected chi connectivity index (χ3v) is 7.38. The molecule has 9 nitrogen and oxygen atoms in total. The van der Waals surface area contributed by atoms with Crippen molar-refractivity contribution in [1.29, 1.82) is 0 Å². The zero-order chi connectivity index (χ0) is 27.1. The number of hydrogen-bond donors (Lipinski definition) is 2. The molecule has 0 radical (unpaired) electrons. The third kappa shape index (κ3) is 7.61. The van der Waals surface area contributed by atoms with Crippen molar-refractivity contribution in [2.45, 2.75) is 9.79 Å². The monoisotopic (exact) mass is 559 g/mol. The number of rotatable bonds is 7. The number of hydrogen-bond acceptors (Lipinski definition) is 7. The van der Waals surface area contributed by atoms with E-state index in [0.717, 1.165) is 0 Å². The number of nitrogens with zero attached hydrogens (tertiary/aromatic N) is 1. The first kappa shape index (κ1) is 27.8. The quantitative estimate of drug-likeness (QED) is 0.324. The van der Waals surface area contributed by atoms with Gasteiger partial charge in [0.05, 0.1) is 22.6 Å². The summed E-state index contributed by atoms with van der Waals surface area (Å²) in [7, 11) is -5.92. The number of nitrogens with two attached hydrogens (primary N) is 1. The third-order valence-electron chi connectivity index (χ3n) is 4.84. The summed E-state index contributed by atoms with van der Waals surface area (Å²) in [5, 5.41) is 5.14. The Bertz CT molecular complexity index is 1580. The molecule has 1 heterocycles. The summed E-state index contributed by atoms with van der Waals surface area (Å²) in [6, 6.07) is 21.4. The van der Waals surface area contributed by atoms with E-state index < -0.39 is 25.8 Å². The molecule has 0 atom stereocenters. The van der Waals surface area contributed by atoms with Crippen LogP contribution in [0.5, 0.6) is 5.75 Å². The van der Waals surface area contributed by atoms with Crippen LogP contribution in [0.25, 0.3) is 0 Å². The van der Waals surface area contributed by atoms with Gasteiger partial charge in [0.25, 0.3) is 10.0 Å². The van der Waals surface area contributed by atoms with E-state index in [9.17, 15) is 21.6 Å². The normalized spacial score (nSPS) is 11.1. The summed E-state index contributed by atoms with van der Waals surface area (Å²) in [5.41, 5.74) is 0.585. The lowest BCUT2D eigenvalue weighted by Gasteiger charge is -2.13. The number of pyridine rings is 1. The molecule has 192 valence electrons. The minimum absolute atomic E-state index is 0.0398. The highest BCUT2D eigenvalue weighted by atomic mass is 35.5. The Morgan fingerprint density at radius 3 is 2.11 bits per heavy atom. The first-order valence-electron chi connectivity index (χ1n) is 10.5. The molecule has 0 fully saturated rings. The SMILES string of the molecule is COc1ccc(S(=O)(=O)Nc2ccc(Cl)cc2C(=O)c2cccnc2)cc1.NS(=O)(=O)c1ccccc1. The molecule has 1 aromatic heterocycles. The number of carbonyl (C=O) groups excluding carboxylic acids is 1. The van der Waals surface area contributed by atoms with Gasteiger partial charge in [-0.1, -0.05) is 29.8 Å². The molecule has 0 amide bonds. The summed E-state index contributed by atoms with van der Waals surface area (Å²) >= 11 is 6.01. The van der Waals surface area contributed by atoms with Crippen LogP contribution in [0.2, 0.25) is 5.02 Å². The first-order valence-corrected chi connectivity index (χ1v) is 13.9. The van der Waals surface area contributed by atoms with Gasteiger partial charge < -0.3 is 4.74 Å². The van der Waals surface area contributed by atoms with Crippen molar-refractivity contribution in [3.05, 3.63) is 113 Å². The maximum absolute atomic E-state index is 12.8. The minimum Gasteiger partial charge on any atom is -0.497 e. The van der Waals surface area contributed by atoms with Crippen LogP contribution >= 0.6 is 11.6 Å². The smallest absolute Gasteiger partial charge is 0.261 e. The average molecular weight is 560 g/mol. The second-order valence-electron chi connectivity index (χ2n) is 7.40. The average Bonchev–Trinajstić information content (AvgIpc) is 2.90. The second-order valence-corrected chi connectivity index (χ2v) is 11.1. The first-order chi connectivity index (χ1) is 17.5. The number of primary sulfonamides is 1. The largest absolute Gasteiger partial charge is 0.497 e. The van der Waals surface area contributed by atoms with Gasteiger partial charge >= 0.3 is 0 Å². The van der Waals surface area contributed by atoms with Crippen LogP contribution in [0.1, 0.15) is 15.9 Å². The number of ether oxygens (including phenoxy) is 1. The van der Waals surface area contributed by atoms with E-state index in [0.29, 0.717) is 16.3 Å². The molecule has 4 aromatic rings. The lowest BCUT2D eigenvalue weighted by molar-refractivity contribution is 0.103. The number of ketones is 1. The number of benzene rings is 3. The van der Waals surface area contributed by atoms with E-state index in [1.54, 1.807) is 36.5 Å². The number of nitrogens with one attached hydrogen (secondary N) is 1. The van der Waals surface area contributed by atoms with Crippen molar-refractivity contribution >= 4 is 43.1 Å². The summed E-state index contributed by atoms with van der Waals surface area (Å²) in [6.45, 7) is 0. The zero-order valence-electron chi connectivity index (χ0n) is 19.4. The van der Waals surface area contributed by atoms with E-state index in [2.05, 4.69) is 9.71 Å². The van der Waals surface area contributed by atoms with Crippen molar-refractivity contribution in [3.63, 3.8) is 0 Å². The molecule has 0 saturated heterocycles. The lowest BCUT2D eigenvalue weighted by Crippen LogP contribution is -2.16. The highest BCUT2D eigenvalue weighted by Gasteiger charge is 2.20. The molecule has 3 N–H and O–H groups in total. The van der Waals surface area contributed by atoms with Crippen molar-refractivity contribution < 1.29 is 26.4 Å². The number of sulfonamides is 2. The molecule has 0 unspecified atom stereocenters. The van der Waals surface area contributed by atoms with Crippen LogP contribution in [0.4, 0.5) is 5.69 Å². The van der Waals surface area contributed by atoms with Crippen LogP contribution in [0, 0.1) is 0 Å². The zero-order valence-corrected chi connectivity index (χ0v) is 21.8. The minimum atomic E-state index is -3.91. The van der Waals surface area contributed by atoms with Crippen LogP contribution in [0.3, 0.4) is 0 Å². The fourth-order valence-electron chi connectivity index (χ4n) is 3.01. The fraction of sp³-hybridized carbons (Fsp3) is 0.0400. The number of aromatic nitrogens is 1. The summed E-state index contributed by atoms with van der Waals surface area (Å²) < 4.78 is 54.1. The Morgan fingerprint density at radius 2 is 1.57 bits per heavy atom. The van der Waals surface area contributed by atoms with E-state index >= 15 is 0 Å². The molecule has 0 bridgehead atoms. The molecular weight excluding hydrogens is 538 g/mol. The van der Waals surface area contributed by atoms with Crippen molar-refractivity contribution in [2.75, 3.05) is 11.8 Å². The molecule has 4 rings (SSSR count). The lowest BCUT2D eigenvalue weighted by atomic mass is 10.0. The summed E-state index contributed by atoms with van der Waals surface area (Å²) in [5.74, 6) is 0.144. The maximum atomic E-state index is 12.8. The van der Waals surface area contributed by atoms with Crippen LogP contribution in [0.15, 0.2) is 107 Å². The van der Waals surface area contributed by atoms with Gasteiger partial charge in [-0.2, -0.15) is 0 Å². The molecular formula is C25H22ClN3O6S2. The van der Waals surface area contributed by atoms with E-state index in [1.165, 1.54) is 67.9 Å². The Kier molecular flexibility index (Phi) is 9.00. The molecule has 0 saturated carbocycles. The highest BCUT2D eigenvalue weighted by Crippen LogP contribution is 2.26. The van der Waals surface area contributed by atoms with E-state index in [-0.39, 0.29) is 21.0 Å². The van der Waals surface area contributed by atoms with Crippen LogP contribution < -0.4 is 14.6 Å². The standard InChI is InChI=1S/C19H15ClN2O4S.C6H7NO2S/c1-26-15-5-7-16(8-6-15)27(24,25)22-18-9-4-14(20)11-17(18)19(23)13-3-2-10-21-12-13;7-10(8,9)6-4-2-1-3-5-6/h2-12,22H,1H3;1-5H,(H2,7,8,9). The maximum Gasteiger partial charge on any atom is 0.261 e. The predicted octanol–water partition coefficient (Wildman–Crippen LogP) is 4.11. The predicted molar refractivity (Wildman–Crippen MR) is 141 cm³/mol. The molecule has 3 aromatic carbocycles. The number of carbonyl (C=O) groups is 1. The van der Waals surface area contributed by atoms with Crippen LogP contribution in [-0.4, -0.2) is 34.7 Å². The van der Waals surface area contributed by atoms with Gasteiger partial charge in [-0.05, 0) is 66.7 Å². The van der Waals surface area contributed by atoms with Gasteiger partial charge in [-0.3, -0.25) is 14.5 Å². The number of anilines is 1. The summed E-state index contributed by atoms with van der Waals surface area (Å²) in [6.07, 6.45) is 2.95. The summed E-state index contributed by atoms with van der Waals surface area (Å²) in [4.78, 5) is 16.9. The van der Waals surface area contributed by atoms with Gasteiger partial charge in [0.1, 0.15) is 5.75 Å². The number of halogens is 1. The fourth-order valence-corrected chi connectivity index (χ4v) is 4.80. The molecule has 0 aliphatic carbocycles. The van der Waals surface area contributed by atoms with Gasteiger partial charge in [0.2, 0.25) is 10.0 Å². The number of methoxy groups -OCH3 is 1. The molecule has 12 heteroatoms. The van der Waals surface area contributed by atoms with Crippen molar-refractivity contribution in [2.24, 2.45) is 5.14 Å². The second kappa shape index (κ2) is 12.0. The Hall–Kier alpha value is -3.77. The van der Waals surface area contributed by atoms with Gasteiger partial charge in [0, 0.05) is 28.5 Å². The topological polar surface area (TPSA) is 146 Å². The van der Waals surface area contributed by atoms with Crippen molar-refractivity contribution in [3.8, 4) is 5.75 Å². The van der Waals surface area contributed by atoms with E-state index in [1.807, 2.05) is 0 Å².